The average molecular weight is 289 g/mol. The molecule has 1 saturated heterocycles. The molecule has 1 atom stereocenters. The first kappa shape index (κ1) is 15.7. The molecule has 114 valence electrons. The van der Waals surface area contributed by atoms with Crippen molar-refractivity contribution >= 4 is 11.8 Å². The predicted molar refractivity (Wildman–Crippen MR) is 81.5 cm³/mol. The van der Waals surface area contributed by atoms with E-state index in [1.54, 1.807) is 0 Å². The van der Waals surface area contributed by atoms with Crippen LogP contribution >= 0.6 is 0 Å². The Labute approximate surface area is 125 Å². The Bertz CT molecular complexity index is 501. The fourth-order valence-corrected chi connectivity index (χ4v) is 2.85. The highest BCUT2D eigenvalue weighted by molar-refractivity contribution is 5.99. The summed E-state index contributed by atoms with van der Waals surface area (Å²) in [6.45, 7) is 5.36. The largest absolute Gasteiger partial charge is 0.481 e. The number of aryl methyl sites for hydroxylation is 1. The first-order chi connectivity index (χ1) is 10.0. The fourth-order valence-electron chi connectivity index (χ4n) is 2.85. The second-order valence-corrected chi connectivity index (χ2v) is 5.74. The zero-order valence-corrected chi connectivity index (χ0v) is 12.7. The summed E-state index contributed by atoms with van der Waals surface area (Å²) in [5.41, 5.74) is 1.96. The van der Waals surface area contributed by atoms with Gasteiger partial charge in [0.1, 0.15) is 0 Å². The topological polar surface area (TPSA) is 57.6 Å². The maximum absolute atomic E-state index is 12.5. The molecule has 0 aromatic heterocycles. The summed E-state index contributed by atoms with van der Waals surface area (Å²) >= 11 is 0. The normalized spacial score (nSPS) is 18.4. The molecule has 0 bridgehead atoms. The second kappa shape index (κ2) is 6.85. The summed E-state index contributed by atoms with van der Waals surface area (Å²) in [5.74, 6) is -0.859. The van der Waals surface area contributed by atoms with Crippen LogP contribution in [-0.4, -0.2) is 40.9 Å². The van der Waals surface area contributed by atoms with E-state index >= 15 is 0 Å². The van der Waals surface area contributed by atoms with E-state index in [0.717, 1.165) is 12.0 Å². The van der Waals surface area contributed by atoms with Crippen molar-refractivity contribution in [3.63, 3.8) is 0 Å². The molecule has 1 N–H and O–H groups in total. The molecule has 1 aromatic carbocycles. The minimum Gasteiger partial charge on any atom is -0.481 e. The molecule has 0 spiro atoms. The minimum atomic E-state index is -0.719. The molecule has 1 unspecified atom stereocenters. The van der Waals surface area contributed by atoms with Gasteiger partial charge in [-0.25, -0.2) is 0 Å². The van der Waals surface area contributed by atoms with Crippen molar-refractivity contribution in [1.29, 1.82) is 0 Å². The molecule has 21 heavy (non-hydrogen) atoms. The molecule has 0 aliphatic carbocycles. The first-order valence-electron chi connectivity index (χ1n) is 7.63. The summed E-state index contributed by atoms with van der Waals surface area (Å²) in [4.78, 5) is 25.6. The van der Waals surface area contributed by atoms with Crippen LogP contribution in [0, 0.1) is 5.92 Å². The average Bonchev–Trinajstić information content (AvgIpc) is 2.53. The van der Waals surface area contributed by atoms with E-state index < -0.39 is 5.97 Å². The Hall–Kier alpha value is -1.68. The SMILES string of the molecule is CCc1ccc(C(=O)C(C)N2CCC(C(=O)O)CC2)cc1. The zero-order chi connectivity index (χ0) is 15.4. The smallest absolute Gasteiger partial charge is 0.306 e. The number of rotatable bonds is 5. The number of hydrogen-bond acceptors (Lipinski definition) is 3. The van der Waals surface area contributed by atoms with Gasteiger partial charge in [-0.1, -0.05) is 31.2 Å². The fraction of sp³-hybridized carbons (Fsp3) is 0.529. The van der Waals surface area contributed by atoms with Gasteiger partial charge >= 0.3 is 5.97 Å². The molecule has 0 radical (unpaired) electrons. The number of benzene rings is 1. The van der Waals surface area contributed by atoms with E-state index in [-0.39, 0.29) is 17.7 Å². The minimum absolute atomic E-state index is 0.117. The number of likely N-dealkylation sites (tertiary alicyclic amines) is 1. The van der Waals surface area contributed by atoms with E-state index in [0.29, 0.717) is 25.9 Å². The number of carbonyl (C=O) groups excluding carboxylic acids is 1. The van der Waals surface area contributed by atoms with Crippen LogP contribution in [0.1, 0.15) is 42.6 Å². The van der Waals surface area contributed by atoms with E-state index in [1.165, 1.54) is 5.56 Å². The van der Waals surface area contributed by atoms with Gasteiger partial charge < -0.3 is 5.11 Å². The molecule has 1 heterocycles. The molecule has 4 nitrogen and oxygen atoms in total. The Kier molecular flexibility index (Phi) is 5.12. The van der Waals surface area contributed by atoms with Crippen molar-refractivity contribution in [3.05, 3.63) is 35.4 Å². The van der Waals surface area contributed by atoms with Gasteiger partial charge in [0.05, 0.1) is 12.0 Å². The Morgan fingerprint density at radius 1 is 1.24 bits per heavy atom. The molecule has 1 aliphatic heterocycles. The summed E-state index contributed by atoms with van der Waals surface area (Å²) in [6, 6.07) is 7.59. The zero-order valence-electron chi connectivity index (χ0n) is 12.7. The highest BCUT2D eigenvalue weighted by Crippen LogP contribution is 2.21. The predicted octanol–water partition coefficient (Wildman–Crippen LogP) is 2.62. The van der Waals surface area contributed by atoms with Crippen molar-refractivity contribution in [2.45, 2.75) is 39.2 Å². The van der Waals surface area contributed by atoms with Gasteiger partial charge in [-0.15, -0.1) is 0 Å². The molecule has 2 rings (SSSR count). The quantitative estimate of drug-likeness (QED) is 0.847. The summed E-state index contributed by atoms with van der Waals surface area (Å²) in [7, 11) is 0. The van der Waals surface area contributed by atoms with Crippen LogP contribution in [0.2, 0.25) is 0 Å². The third-order valence-electron chi connectivity index (χ3n) is 4.45. The van der Waals surface area contributed by atoms with E-state index in [9.17, 15) is 9.59 Å². The van der Waals surface area contributed by atoms with Crippen LogP contribution in [0.3, 0.4) is 0 Å². The number of carboxylic acid groups (broad SMARTS) is 1. The summed E-state index contributed by atoms with van der Waals surface area (Å²) < 4.78 is 0. The maximum atomic E-state index is 12.5. The van der Waals surface area contributed by atoms with Gasteiger partial charge in [0.15, 0.2) is 5.78 Å². The molecular weight excluding hydrogens is 266 g/mol. The van der Waals surface area contributed by atoms with Crippen molar-refractivity contribution in [2.24, 2.45) is 5.92 Å². The van der Waals surface area contributed by atoms with Gasteiger partial charge in [0, 0.05) is 5.56 Å². The van der Waals surface area contributed by atoms with Gasteiger partial charge in [0.2, 0.25) is 0 Å². The van der Waals surface area contributed by atoms with Crippen LogP contribution in [0.5, 0.6) is 0 Å². The van der Waals surface area contributed by atoms with Crippen LogP contribution in [0.25, 0.3) is 0 Å². The lowest BCUT2D eigenvalue weighted by molar-refractivity contribution is -0.143. The van der Waals surface area contributed by atoms with Crippen LogP contribution in [0.15, 0.2) is 24.3 Å². The van der Waals surface area contributed by atoms with Crippen molar-refractivity contribution in [2.75, 3.05) is 13.1 Å². The lowest BCUT2D eigenvalue weighted by Gasteiger charge is -2.33. The van der Waals surface area contributed by atoms with Gasteiger partial charge in [-0.3, -0.25) is 14.5 Å². The van der Waals surface area contributed by atoms with Crippen LogP contribution in [-0.2, 0) is 11.2 Å². The van der Waals surface area contributed by atoms with Crippen LogP contribution in [0.4, 0.5) is 0 Å². The van der Waals surface area contributed by atoms with Gasteiger partial charge in [-0.05, 0) is 44.8 Å². The summed E-state index contributed by atoms with van der Waals surface area (Å²) in [6.07, 6.45) is 2.22. The lowest BCUT2D eigenvalue weighted by Crippen LogP contribution is -2.45. The number of Topliss-reactive ketones (excluding diaryl/α,β-unsaturated/α-hetero) is 1. The number of ketones is 1. The van der Waals surface area contributed by atoms with E-state index in [4.69, 9.17) is 5.11 Å². The number of aliphatic carboxylic acids is 1. The lowest BCUT2D eigenvalue weighted by atomic mass is 9.94. The van der Waals surface area contributed by atoms with Gasteiger partial charge in [0.25, 0.3) is 0 Å². The molecule has 1 fully saturated rings. The number of carbonyl (C=O) groups is 2. The van der Waals surface area contributed by atoms with Gasteiger partial charge in [-0.2, -0.15) is 0 Å². The number of nitrogens with zero attached hydrogens (tertiary/aromatic N) is 1. The van der Waals surface area contributed by atoms with Crippen molar-refractivity contribution in [1.82, 2.24) is 4.90 Å². The van der Waals surface area contributed by atoms with E-state index in [2.05, 4.69) is 11.8 Å². The van der Waals surface area contributed by atoms with Crippen LogP contribution < -0.4 is 0 Å². The molecule has 1 aromatic rings. The second-order valence-electron chi connectivity index (χ2n) is 5.74. The molecule has 0 saturated carbocycles. The standard InChI is InChI=1S/C17H23NO3/c1-3-13-4-6-14(7-5-13)16(19)12(2)18-10-8-15(9-11-18)17(20)21/h4-7,12,15H,3,8-11H2,1-2H3,(H,20,21). The Morgan fingerprint density at radius 2 is 1.81 bits per heavy atom. The molecule has 1 aliphatic rings. The maximum Gasteiger partial charge on any atom is 0.306 e. The highest BCUT2D eigenvalue weighted by atomic mass is 16.4. The number of carboxylic acids is 1. The van der Waals surface area contributed by atoms with Crippen molar-refractivity contribution in [3.8, 4) is 0 Å². The molecule has 4 heteroatoms. The van der Waals surface area contributed by atoms with Crippen molar-refractivity contribution < 1.29 is 14.7 Å². The monoisotopic (exact) mass is 289 g/mol. The third-order valence-corrected chi connectivity index (χ3v) is 4.45. The first-order valence-corrected chi connectivity index (χ1v) is 7.63. The molecular formula is C17H23NO3. The number of piperidine rings is 1. The highest BCUT2D eigenvalue weighted by Gasteiger charge is 2.29. The third kappa shape index (κ3) is 3.70. The molecule has 0 amide bonds. The number of hydrogen-bond donors (Lipinski definition) is 1. The summed E-state index contributed by atoms with van der Waals surface area (Å²) in [5, 5.41) is 9.01. The Morgan fingerprint density at radius 3 is 2.29 bits per heavy atom. The Balaban J connectivity index is 1.97. The van der Waals surface area contributed by atoms with E-state index in [1.807, 2.05) is 31.2 Å².